The second-order valence-corrected chi connectivity index (χ2v) is 24.0. The summed E-state index contributed by atoms with van der Waals surface area (Å²) in [6.45, 7) is 20.6. The molecular weight excluding hydrogens is 1060 g/mol. The summed E-state index contributed by atoms with van der Waals surface area (Å²) in [7, 11) is 0.598. The summed E-state index contributed by atoms with van der Waals surface area (Å²) in [5.74, 6) is 4.56. The topological polar surface area (TPSA) is 0 Å². The average Bonchev–Trinajstić information content (AvgIpc) is 4.10. The zero-order chi connectivity index (χ0) is 45.2. The molecule has 0 fully saturated rings. The van der Waals surface area contributed by atoms with E-state index in [0.717, 1.165) is 0 Å². The van der Waals surface area contributed by atoms with Gasteiger partial charge in [0.2, 0.25) is 0 Å². The van der Waals surface area contributed by atoms with E-state index in [2.05, 4.69) is 279 Å². The molecule has 0 aromatic heterocycles. The van der Waals surface area contributed by atoms with Crippen molar-refractivity contribution in [3.05, 3.63) is 253 Å². The van der Waals surface area contributed by atoms with Crippen molar-refractivity contribution >= 4 is 56.1 Å². The maximum atomic E-state index is 2.32. The molecule has 0 unspecified atom stereocenters. The van der Waals surface area contributed by atoms with Gasteiger partial charge in [-0.1, -0.05) is 75.7 Å². The van der Waals surface area contributed by atoms with Crippen molar-refractivity contribution in [3.63, 3.8) is 0 Å². The third kappa shape index (κ3) is 28.8. The Kier molecular flexibility index (Phi) is 42.9. The summed E-state index contributed by atoms with van der Waals surface area (Å²) in [5.41, 5.74) is 4.19. The molecular formula is C60H69Cl3P3Ti3-3. The van der Waals surface area contributed by atoms with Gasteiger partial charge in [0.15, 0.2) is 0 Å². The first-order valence-electron chi connectivity index (χ1n) is 21.9. The van der Waals surface area contributed by atoms with E-state index in [0.29, 0.717) is 0 Å². The van der Waals surface area contributed by atoms with Gasteiger partial charge >= 0.3 is 65.2 Å². The van der Waals surface area contributed by atoms with Gasteiger partial charge in [-0.05, 0) is 40.0 Å². The molecule has 9 aromatic carbocycles. The van der Waals surface area contributed by atoms with Crippen LogP contribution in [0.15, 0.2) is 218 Å². The fourth-order valence-corrected chi connectivity index (χ4v) is 10.5. The number of benzene rings is 6. The third-order valence-corrected chi connectivity index (χ3v) is 13.4. The summed E-state index contributed by atoms with van der Waals surface area (Å²) < 4.78 is 0. The normalized spacial score (nSPS) is 9.39. The van der Waals surface area contributed by atoms with Crippen LogP contribution in [-0.2, 0) is 65.2 Å². The van der Waals surface area contributed by atoms with Crippen LogP contribution in [0, 0.1) is 17.8 Å². The molecule has 9 heteroatoms. The minimum absolute atomic E-state index is 0. The van der Waals surface area contributed by atoms with Crippen LogP contribution in [0.25, 0.3) is 32.3 Å². The summed E-state index contributed by atoms with van der Waals surface area (Å²) >= 11 is 0. The molecule has 0 radical (unpaired) electrons. The Morgan fingerprint density at radius 1 is 0.304 bits per heavy atom. The molecule has 0 N–H and O–H groups in total. The number of rotatable bonds is 9. The predicted molar refractivity (Wildman–Crippen MR) is 293 cm³/mol. The molecule has 0 aliphatic rings. The van der Waals surface area contributed by atoms with Crippen LogP contribution in [0.3, 0.4) is 0 Å². The molecule has 9 aromatic rings. The van der Waals surface area contributed by atoms with Gasteiger partial charge in [-0.25, -0.2) is 0 Å². The maximum Gasteiger partial charge on any atom is 2.00 e. The fourth-order valence-electron chi connectivity index (χ4n) is 7.07. The molecule has 9 rings (SSSR count). The summed E-state index contributed by atoms with van der Waals surface area (Å²) in [4.78, 5) is 0. The van der Waals surface area contributed by atoms with Crippen LogP contribution >= 0.6 is 23.8 Å². The van der Waals surface area contributed by atoms with Crippen molar-refractivity contribution in [1.82, 2.24) is 0 Å². The van der Waals surface area contributed by atoms with Crippen LogP contribution in [0.4, 0.5) is 0 Å². The van der Waals surface area contributed by atoms with Gasteiger partial charge < -0.3 is 37.2 Å². The molecule has 0 saturated carbocycles. The first kappa shape index (κ1) is 71.3. The number of hydrogen-bond acceptors (Lipinski definition) is 0. The quantitative estimate of drug-likeness (QED) is 0.0772. The molecule has 0 heterocycles. The van der Waals surface area contributed by atoms with E-state index in [1.807, 2.05) is 0 Å². The molecule has 0 spiro atoms. The van der Waals surface area contributed by atoms with Crippen molar-refractivity contribution < 1.29 is 102 Å². The molecule has 0 saturated heterocycles. The van der Waals surface area contributed by atoms with Crippen molar-refractivity contribution in [3.8, 4) is 0 Å². The van der Waals surface area contributed by atoms with Crippen molar-refractivity contribution in [2.45, 2.75) is 20.8 Å². The molecule has 69 heavy (non-hydrogen) atoms. The minimum atomic E-state index is 0. The van der Waals surface area contributed by atoms with Gasteiger partial charge in [0.1, 0.15) is 0 Å². The van der Waals surface area contributed by atoms with Gasteiger partial charge in [0, 0.05) is 0 Å². The van der Waals surface area contributed by atoms with E-state index in [9.17, 15) is 0 Å². The second kappa shape index (κ2) is 41.5. The number of halogens is 3. The van der Waals surface area contributed by atoms with Gasteiger partial charge in [-0.2, -0.15) is 123 Å². The van der Waals surface area contributed by atoms with Crippen LogP contribution < -0.4 is 37.2 Å². The molecule has 0 bridgehead atoms. The Morgan fingerprint density at radius 3 is 0.710 bits per heavy atom. The largest absolute Gasteiger partial charge is 2.00 e. The summed E-state index contributed by atoms with van der Waals surface area (Å²) in [6.07, 6.45) is 3.79. The zero-order valence-electron chi connectivity index (χ0n) is 41.9. The maximum absolute atomic E-state index is 2.32. The Balaban J connectivity index is -0.000000747. The van der Waals surface area contributed by atoms with E-state index in [1.54, 1.807) is 0 Å². The summed E-state index contributed by atoms with van der Waals surface area (Å²) in [5, 5.41) is 7.99. The minimum Gasteiger partial charge on any atom is -1.00 e. The average molecular weight is 1130 g/mol. The monoisotopic (exact) mass is 1130 g/mol. The second-order valence-electron chi connectivity index (χ2n) is 16.6. The molecule has 0 aliphatic carbocycles. The first-order chi connectivity index (χ1) is 30.5. The van der Waals surface area contributed by atoms with Gasteiger partial charge in [-0.15, -0.1) is 149 Å². The van der Waals surface area contributed by atoms with Gasteiger partial charge in [0.25, 0.3) is 0 Å². The smallest absolute Gasteiger partial charge is 1.00 e. The van der Waals surface area contributed by atoms with Gasteiger partial charge in [-0.3, -0.25) is 0 Å². The van der Waals surface area contributed by atoms with Crippen LogP contribution in [0.1, 0.15) is 37.5 Å². The first-order valence-corrected chi connectivity index (χ1v) is 29.2. The molecule has 0 atom stereocenters. The predicted octanol–water partition coefficient (Wildman–Crippen LogP) is 8.79. The Bertz CT molecular complexity index is 2140. The standard InChI is InChI=1S/3C11H16P.3C9H7.3ClH.3Ti/c3*1-10(9-12(2)3)11-7-5-4-6-8-11;3*1-2-5-9-7-3-6-8(9)4-1;;;;;;/h3*4-8H,9H2,1-3H3;3*1-7H;3*1H;;;/q6*-1;;;;3*+2/p-3. The molecule has 0 aliphatic heterocycles. The number of fused-ring (bicyclic) bond motifs is 3. The van der Waals surface area contributed by atoms with Crippen LogP contribution in [-0.4, -0.2) is 58.5 Å². The molecule has 0 nitrogen and oxygen atoms in total. The van der Waals surface area contributed by atoms with Crippen molar-refractivity contribution in [1.29, 1.82) is 0 Å². The van der Waals surface area contributed by atoms with Crippen LogP contribution in [0.5, 0.6) is 0 Å². The Labute approximate surface area is 485 Å². The third-order valence-electron chi connectivity index (χ3n) is 10.1. The Hall–Kier alpha value is -1.94. The van der Waals surface area contributed by atoms with Crippen molar-refractivity contribution in [2.24, 2.45) is 0 Å². The van der Waals surface area contributed by atoms with E-state index in [1.165, 1.54) is 85.2 Å². The van der Waals surface area contributed by atoms with E-state index in [-0.39, 0.29) is 126 Å². The summed E-state index contributed by atoms with van der Waals surface area (Å²) in [6, 6.07) is 76.0. The molecule has 360 valence electrons. The van der Waals surface area contributed by atoms with E-state index in [4.69, 9.17) is 0 Å². The SMILES string of the molecule is C[C-](CP(C)C)c1ccccc1.C[C-](CP(C)C)c1ccccc1.C[C-](CP(C)C)c1ccccc1.[Cl-].[Cl-].[Cl-].[Ti+2].[Ti+2].[Ti+2].c1ccc2[cH-]ccc2c1.c1ccc2[cH-]ccc2c1.c1ccc2[cH-]ccc2c1. The van der Waals surface area contributed by atoms with Gasteiger partial charge in [0.05, 0.1) is 0 Å². The molecule has 0 amide bonds. The van der Waals surface area contributed by atoms with E-state index < -0.39 is 0 Å². The zero-order valence-corrected chi connectivity index (χ0v) is 51.5. The van der Waals surface area contributed by atoms with Crippen LogP contribution in [0.2, 0.25) is 0 Å². The number of hydrogen-bond donors (Lipinski definition) is 0. The van der Waals surface area contributed by atoms with E-state index >= 15 is 0 Å². The fraction of sp³-hybridized carbons (Fsp3) is 0.200. The van der Waals surface area contributed by atoms with Crippen molar-refractivity contribution in [2.75, 3.05) is 58.5 Å². The Morgan fingerprint density at radius 2 is 0.507 bits per heavy atom.